The second-order valence-corrected chi connectivity index (χ2v) is 6.80. The molecule has 124 valence electrons. The maximum absolute atomic E-state index is 12.3. The van der Waals surface area contributed by atoms with Gasteiger partial charge in [0.1, 0.15) is 0 Å². The van der Waals surface area contributed by atoms with Crippen molar-refractivity contribution >= 4 is 34.3 Å². The molecule has 1 aromatic rings. The lowest BCUT2D eigenvalue weighted by atomic mass is 9.98. The van der Waals surface area contributed by atoms with E-state index in [-0.39, 0.29) is 24.8 Å². The number of aromatic nitrogens is 1. The summed E-state index contributed by atoms with van der Waals surface area (Å²) in [6, 6.07) is 0. The minimum absolute atomic E-state index is 0.0811. The van der Waals surface area contributed by atoms with E-state index in [1.807, 2.05) is 0 Å². The first-order valence-corrected chi connectivity index (χ1v) is 8.68. The van der Waals surface area contributed by atoms with Gasteiger partial charge >= 0.3 is 5.97 Å². The first kappa shape index (κ1) is 15.9. The molecule has 1 aromatic heterocycles. The predicted molar refractivity (Wildman–Crippen MR) is 84.3 cm³/mol. The Morgan fingerprint density at radius 3 is 2.87 bits per heavy atom. The van der Waals surface area contributed by atoms with Crippen molar-refractivity contribution in [1.29, 1.82) is 0 Å². The molecule has 8 heteroatoms. The van der Waals surface area contributed by atoms with Gasteiger partial charge in [-0.2, -0.15) is 0 Å². The molecule has 0 saturated carbocycles. The Labute approximate surface area is 137 Å². The lowest BCUT2D eigenvalue weighted by molar-refractivity contribution is -0.145. The number of aliphatic carboxylic acids is 1. The van der Waals surface area contributed by atoms with E-state index in [0.717, 1.165) is 6.42 Å². The zero-order valence-electron chi connectivity index (χ0n) is 12.7. The van der Waals surface area contributed by atoms with Crippen molar-refractivity contribution in [3.8, 4) is 0 Å². The summed E-state index contributed by atoms with van der Waals surface area (Å²) in [4.78, 5) is 42.8. The average Bonchev–Trinajstić information content (AvgIpc) is 3.16. The smallest absolute Gasteiger partial charge is 0.308 e. The number of likely N-dealkylation sites (tertiary alicyclic amines) is 1. The summed E-state index contributed by atoms with van der Waals surface area (Å²) in [7, 11) is 0. The number of hydrogen-bond donors (Lipinski definition) is 1. The first-order chi connectivity index (χ1) is 11.0. The first-order valence-electron chi connectivity index (χ1n) is 7.80. The number of piperidine rings is 1. The van der Waals surface area contributed by atoms with Crippen molar-refractivity contribution in [1.82, 2.24) is 9.88 Å². The molecule has 1 unspecified atom stereocenters. The van der Waals surface area contributed by atoms with Crippen molar-refractivity contribution in [2.24, 2.45) is 5.92 Å². The Balaban J connectivity index is 1.61. The molecule has 0 aliphatic carbocycles. The molecule has 0 spiro atoms. The number of nitrogens with zero attached hydrogens (tertiary/aromatic N) is 3. The molecule has 2 aliphatic heterocycles. The van der Waals surface area contributed by atoms with Crippen molar-refractivity contribution < 1.29 is 19.5 Å². The van der Waals surface area contributed by atoms with Crippen LogP contribution in [0.4, 0.5) is 5.13 Å². The predicted octanol–water partition coefficient (Wildman–Crippen LogP) is 1.14. The number of thiazole rings is 1. The highest BCUT2D eigenvalue weighted by Gasteiger charge is 2.29. The summed E-state index contributed by atoms with van der Waals surface area (Å²) < 4.78 is 0. The summed E-state index contributed by atoms with van der Waals surface area (Å²) in [5, 5.41) is 11.5. The second kappa shape index (κ2) is 6.66. The summed E-state index contributed by atoms with van der Waals surface area (Å²) in [6.45, 7) is 1.56. The van der Waals surface area contributed by atoms with Crippen LogP contribution >= 0.6 is 11.3 Å². The van der Waals surface area contributed by atoms with Gasteiger partial charge in [-0.1, -0.05) is 0 Å². The fourth-order valence-electron chi connectivity index (χ4n) is 3.02. The van der Waals surface area contributed by atoms with Crippen LogP contribution in [0.15, 0.2) is 5.38 Å². The number of carbonyl (C=O) groups is 3. The summed E-state index contributed by atoms with van der Waals surface area (Å²) in [5.74, 6) is -1.33. The van der Waals surface area contributed by atoms with Gasteiger partial charge < -0.3 is 10.0 Å². The summed E-state index contributed by atoms with van der Waals surface area (Å²) in [6.07, 6.45) is 2.89. The van der Waals surface area contributed by atoms with Crippen LogP contribution in [0.1, 0.15) is 31.4 Å². The molecular weight excluding hydrogens is 318 g/mol. The maximum Gasteiger partial charge on any atom is 0.308 e. The highest BCUT2D eigenvalue weighted by atomic mass is 32.1. The summed E-state index contributed by atoms with van der Waals surface area (Å²) >= 11 is 1.37. The molecule has 0 radical (unpaired) electrons. The zero-order chi connectivity index (χ0) is 16.4. The lowest BCUT2D eigenvalue weighted by Crippen LogP contribution is -2.43. The Bertz CT molecular complexity index is 630. The number of carboxylic acid groups (broad SMARTS) is 1. The fourth-order valence-corrected chi connectivity index (χ4v) is 3.89. The molecule has 23 heavy (non-hydrogen) atoms. The van der Waals surface area contributed by atoms with Gasteiger partial charge in [0, 0.05) is 31.4 Å². The Morgan fingerprint density at radius 2 is 2.17 bits per heavy atom. The molecule has 2 aliphatic rings. The lowest BCUT2D eigenvalue weighted by Gasteiger charge is -2.30. The fraction of sp³-hybridized carbons (Fsp3) is 0.600. The van der Waals surface area contributed by atoms with Crippen LogP contribution in [0.2, 0.25) is 0 Å². The van der Waals surface area contributed by atoms with Crippen molar-refractivity contribution in [3.05, 3.63) is 11.1 Å². The van der Waals surface area contributed by atoms with E-state index in [9.17, 15) is 14.4 Å². The SMILES string of the molecule is O=C(O)C1CCCN(C(=O)Cc2csc(N3CCCC3=O)n2)C1. The van der Waals surface area contributed by atoms with E-state index >= 15 is 0 Å². The Hall–Kier alpha value is -1.96. The number of amides is 2. The standard InChI is InChI=1S/C15H19N3O4S/c19-12-4-2-6-18(12)15-16-11(9-23-15)7-13(20)17-5-1-3-10(8-17)14(21)22/h9-10H,1-8H2,(H,21,22). The largest absolute Gasteiger partial charge is 0.481 e. The minimum atomic E-state index is -0.842. The van der Waals surface area contributed by atoms with Gasteiger partial charge in [0.2, 0.25) is 11.8 Å². The highest BCUT2D eigenvalue weighted by Crippen LogP contribution is 2.26. The third-order valence-electron chi connectivity index (χ3n) is 4.30. The molecule has 2 amide bonds. The molecule has 2 fully saturated rings. The van der Waals surface area contributed by atoms with E-state index in [1.54, 1.807) is 15.2 Å². The number of hydrogen-bond acceptors (Lipinski definition) is 5. The number of rotatable bonds is 4. The Morgan fingerprint density at radius 1 is 1.35 bits per heavy atom. The van der Waals surface area contributed by atoms with Crippen molar-refractivity contribution in [2.75, 3.05) is 24.5 Å². The molecule has 1 atom stereocenters. The average molecular weight is 337 g/mol. The van der Waals surface area contributed by atoms with Gasteiger partial charge in [-0.05, 0) is 19.3 Å². The van der Waals surface area contributed by atoms with Crippen LogP contribution in [0, 0.1) is 5.92 Å². The summed E-state index contributed by atoms with van der Waals surface area (Å²) in [5.41, 5.74) is 0.646. The maximum atomic E-state index is 12.3. The molecule has 0 bridgehead atoms. The van der Waals surface area contributed by atoms with Crippen molar-refractivity contribution in [3.63, 3.8) is 0 Å². The third kappa shape index (κ3) is 3.52. The van der Waals surface area contributed by atoms with E-state index < -0.39 is 11.9 Å². The molecule has 7 nitrogen and oxygen atoms in total. The molecule has 1 N–H and O–H groups in total. The normalized spacial score (nSPS) is 21.7. The highest BCUT2D eigenvalue weighted by molar-refractivity contribution is 7.14. The zero-order valence-corrected chi connectivity index (χ0v) is 13.5. The quantitative estimate of drug-likeness (QED) is 0.889. The van der Waals surface area contributed by atoms with E-state index in [0.29, 0.717) is 43.2 Å². The third-order valence-corrected chi connectivity index (χ3v) is 5.21. The van der Waals surface area contributed by atoms with Gasteiger partial charge in [0.25, 0.3) is 0 Å². The topological polar surface area (TPSA) is 90.8 Å². The van der Waals surface area contributed by atoms with Gasteiger partial charge in [-0.15, -0.1) is 11.3 Å². The van der Waals surface area contributed by atoms with Gasteiger partial charge in [0.15, 0.2) is 5.13 Å². The Kier molecular flexibility index (Phi) is 4.61. The van der Waals surface area contributed by atoms with Crippen LogP contribution in [0.5, 0.6) is 0 Å². The van der Waals surface area contributed by atoms with Crippen LogP contribution in [0.3, 0.4) is 0 Å². The number of carbonyl (C=O) groups excluding carboxylic acids is 2. The van der Waals surface area contributed by atoms with Gasteiger partial charge in [-0.3, -0.25) is 19.3 Å². The van der Waals surface area contributed by atoms with Crippen LogP contribution in [-0.4, -0.2) is 52.4 Å². The van der Waals surface area contributed by atoms with Crippen LogP contribution in [-0.2, 0) is 20.8 Å². The molecular formula is C15H19N3O4S. The molecule has 0 aromatic carbocycles. The number of carboxylic acids is 1. The minimum Gasteiger partial charge on any atom is -0.481 e. The monoisotopic (exact) mass is 337 g/mol. The van der Waals surface area contributed by atoms with Gasteiger partial charge in [0.05, 0.1) is 18.0 Å². The molecule has 2 saturated heterocycles. The van der Waals surface area contributed by atoms with Crippen LogP contribution in [0.25, 0.3) is 0 Å². The van der Waals surface area contributed by atoms with E-state index in [2.05, 4.69) is 4.98 Å². The van der Waals surface area contributed by atoms with E-state index in [1.165, 1.54) is 11.3 Å². The second-order valence-electron chi connectivity index (χ2n) is 5.96. The van der Waals surface area contributed by atoms with Gasteiger partial charge in [-0.25, -0.2) is 4.98 Å². The van der Waals surface area contributed by atoms with Crippen molar-refractivity contribution in [2.45, 2.75) is 32.1 Å². The molecule has 3 rings (SSSR count). The number of anilines is 1. The van der Waals surface area contributed by atoms with Crippen LogP contribution < -0.4 is 4.90 Å². The van der Waals surface area contributed by atoms with E-state index in [4.69, 9.17) is 5.11 Å². The molecule has 3 heterocycles.